The van der Waals surface area contributed by atoms with Crippen molar-refractivity contribution in [3.05, 3.63) is 29.3 Å². The minimum absolute atomic E-state index is 0.0355. The summed E-state index contributed by atoms with van der Waals surface area (Å²) in [5.74, 6) is -2.23. The second-order valence-electron chi connectivity index (χ2n) is 6.29. The van der Waals surface area contributed by atoms with Crippen molar-refractivity contribution in [2.75, 3.05) is 7.11 Å². The highest BCUT2D eigenvalue weighted by atomic mass is 32.2. The molecule has 1 aromatic rings. The highest BCUT2D eigenvalue weighted by Crippen LogP contribution is 2.45. The molecule has 3 unspecified atom stereocenters. The van der Waals surface area contributed by atoms with E-state index < -0.39 is 33.9 Å². The van der Waals surface area contributed by atoms with E-state index in [-0.39, 0.29) is 16.5 Å². The minimum atomic E-state index is -3.87. The maximum atomic E-state index is 13.1. The molecule has 1 N–H and O–H groups in total. The van der Waals surface area contributed by atoms with Gasteiger partial charge in [-0.25, -0.2) is 13.2 Å². The molecule has 2 heterocycles. The van der Waals surface area contributed by atoms with Crippen LogP contribution in [0, 0.1) is 12.8 Å². The molecule has 0 radical (unpaired) electrons. The Hall–Kier alpha value is -1.93. The van der Waals surface area contributed by atoms with Crippen molar-refractivity contribution in [2.24, 2.45) is 5.92 Å². The fraction of sp³-hybridized carbons (Fsp3) is 0.500. The van der Waals surface area contributed by atoms with Crippen LogP contribution in [0.4, 0.5) is 0 Å². The minimum Gasteiger partial charge on any atom is -0.481 e. The number of benzene rings is 1. The van der Waals surface area contributed by atoms with Gasteiger partial charge in [0.2, 0.25) is 10.0 Å². The summed E-state index contributed by atoms with van der Waals surface area (Å²) < 4.78 is 32.2. The molecule has 0 aromatic heterocycles. The first kappa shape index (κ1) is 16.9. The van der Waals surface area contributed by atoms with Gasteiger partial charge >= 0.3 is 11.9 Å². The highest BCUT2D eigenvalue weighted by Gasteiger charge is 2.54. The summed E-state index contributed by atoms with van der Waals surface area (Å²) in [5.41, 5.74) is 0.670. The summed E-state index contributed by atoms with van der Waals surface area (Å²) in [7, 11) is -2.64. The van der Waals surface area contributed by atoms with Crippen LogP contribution in [-0.2, 0) is 19.6 Å². The Labute approximate surface area is 140 Å². The van der Waals surface area contributed by atoms with Crippen LogP contribution in [0.25, 0.3) is 0 Å². The first-order valence-electron chi connectivity index (χ1n) is 7.72. The van der Waals surface area contributed by atoms with E-state index in [0.717, 1.165) is 0 Å². The Kier molecular flexibility index (Phi) is 4.13. The van der Waals surface area contributed by atoms with Crippen LogP contribution in [0.15, 0.2) is 23.1 Å². The van der Waals surface area contributed by atoms with Crippen molar-refractivity contribution in [1.29, 1.82) is 0 Å². The average molecular weight is 353 g/mol. The van der Waals surface area contributed by atoms with E-state index in [2.05, 4.69) is 4.74 Å². The van der Waals surface area contributed by atoms with E-state index in [1.165, 1.54) is 23.5 Å². The van der Waals surface area contributed by atoms with Crippen LogP contribution >= 0.6 is 0 Å². The van der Waals surface area contributed by atoms with Crippen molar-refractivity contribution in [3.8, 4) is 0 Å². The van der Waals surface area contributed by atoms with E-state index in [0.29, 0.717) is 24.8 Å². The first-order valence-corrected chi connectivity index (χ1v) is 9.16. The van der Waals surface area contributed by atoms with Gasteiger partial charge in [0.05, 0.1) is 23.5 Å². The zero-order chi connectivity index (χ0) is 17.6. The molecule has 24 heavy (non-hydrogen) atoms. The fourth-order valence-corrected chi connectivity index (χ4v) is 5.99. The summed E-state index contributed by atoms with van der Waals surface area (Å²) in [6, 6.07) is 3.58. The van der Waals surface area contributed by atoms with Crippen molar-refractivity contribution in [2.45, 2.75) is 43.2 Å². The number of nitrogens with zero attached hydrogens (tertiary/aromatic N) is 1. The third kappa shape index (κ3) is 2.50. The molecule has 2 fully saturated rings. The van der Waals surface area contributed by atoms with Crippen molar-refractivity contribution < 1.29 is 27.9 Å². The standard InChI is InChI=1S/C16H19NO6S/c1-9-3-4-10(16(20)23-2)7-14(9)24(21,22)17-11-5-6-13(17)12(8-11)15(18)19/h3-4,7,11-13H,5-6,8H2,1-2H3,(H,18,19). The molecule has 8 heteroatoms. The molecule has 0 aliphatic carbocycles. The zero-order valence-corrected chi connectivity index (χ0v) is 14.2. The number of ether oxygens (including phenoxy) is 1. The van der Waals surface area contributed by atoms with Gasteiger partial charge in [0.25, 0.3) is 0 Å². The predicted molar refractivity (Wildman–Crippen MR) is 84.1 cm³/mol. The lowest BCUT2D eigenvalue weighted by Crippen LogP contribution is -2.38. The van der Waals surface area contributed by atoms with Gasteiger partial charge in [-0.2, -0.15) is 4.31 Å². The van der Waals surface area contributed by atoms with Crippen molar-refractivity contribution in [3.63, 3.8) is 0 Å². The third-order valence-corrected chi connectivity index (χ3v) is 7.07. The molecule has 3 atom stereocenters. The maximum Gasteiger partial charge on any atom is 0.337 e. The third-order valence-electron chi connectivity index (χ3n) is 4.95. The van der Waals surface area contributed by atoms with E-state index in [4.69, 9.17) is 0 Å². The number of esters is 1. The average Bonchev–Trinajstić information content (AvgIpc) is 3.13. The second kappa shape index (κ2) is 5.86. The van der Waals surface area contributed by atoms with Crippen LogP contribution < -0.4 is 0 Å². The van der Waals surface area contributed by atoms with Gasteiger partial charge in [-0.1, -0.05) is 6.07 Å². The Morgan fingerprint density at radius 3 is 2.58 bits per heavy atom. The van der Waals surface area contributed by atoms with Crippen LogP contribution in [0.2, 0.25) is 0 Å². The van der Waals surface area contributed by atoms with Gasteiger partial charge in [-0.05, 0) is 43.9 Å². The largest absolute Gasteiger partial charge is 0.481 e. The first-order chi connectivity index (χ1) is 11.3. The molecule has 1 aromatic carbocycles. The molecule has 3 rings (SSSR count). The Morgan fingerprint density at radius 2 is 2.00 bits per heavy atom. The Bertz CT molecular complexity index is 803. The predicted octanol–water partition coefficient (Wildman–Crippen LogP) is 1.41. The molecule has 2 aliphatic heterocycles. The number of hydrogen-bond donors (Lipinski definition) is 1. The number of aryl methyl sites for hydroxylation is 1. The number of carbonyl (C=O) groups is 2. The summed E-state index contributed by atoms with van der Waals surface area (Å²) in [5, 5.41) is 9.31. The van der Waals surface area contributed by atoms with Gasteiger partial charge in [-0.3, -0.25) is 4.79 Å². The van der Waals surface area contributed by atoms with Gasteiger partial charge in [0.15, 0.2) is 0 Å². The summed E-state index contributed by atoms with van der Waals surface area (Å²) in [6.07, 6.45) is 1.56. The van der Waals surface area contributed by atoms with Crippen LogP contribution in [0.1, 0.15) is 35.2 Å². The van der Waals surface area contributed by atoms with E-state index in [1.807, 2.05) is 0 Å². The lowest BCUT2D eigenvalue weighted by Gasteiger charge is -2.23. The topological polar surface area (TPSA) is 101 Å². The number of sulfonamides is 1. The maximum absolute atomic E-state index is 13.1. The molecule has 0 spiro atoms. The summed E-state index contributed by atoms with van der Waals surface area (Å²) >= 11 is 0. The quantitative estimate of drug-likeness (QED) is 0.821. The molecular formula is C16H19NO6S. The van der Waals surface area contributed by atoms with Crippen molar-refractivity contribution >= 4 is 22.0 Å². The lowest BCUT2D eigenvalue weighted by atomic mass is 9.89. The number of carboxylic acids is 1. The van der Waals surface area contributed by atoms with Gasteiger partial charge in [-0.15, -0.1) is 0 Å². The van der Waals surface area contributed by atoms with E-state index in [1.54, 1.807) is 13.0 Å². The van der Waals surface area contributed by atoms with Gasteiger partial charge in [0, 0.05) is 12.1 Å². The van der Waals surface area contributed by atoms with E-state index in [9.17, 15) is 23.1 Å². The SMILES string of the molecule is COC(=O)c1ccc(C)c(S(=O)(=O)N2C3CCC2C(C(=O)O)C3)c1. The molecule has 0 saturated carbocycles. The number of fused-ring (bicyclic) bond motifs is 2. The number of methoxy groups -OCH3 is 1. The molecule has 7 nitrogen and oxygen atoms in total. The van der Waals surface area contributed by atoms with Crippen LogP contribution in [-0.4, -0.2) is 49.0 Å². The molecule has 2 aliphatic rings. The summed E-state index contributed by atoms with van der Waals surface area (Å²) in [4.78, 5) is 23.1. The Balaban J connectivity index is 2.03. The normalized spacial score (nSPS) is 26.5. The fourth-order valence-electron chi connectivity index (χ4n) is 3.82. The van der Waals surface area contributed by atoms with Gasteiger partial charge < -0.3 is 9.84 Å². The monoisotopic (exact) mass is 353 g/mol. The molecule has 2 bridgehead atoms. The molecule has 2 saturated heterocycles. The second-order valence-corrected chi connectivity index (χ2v) is 8.10. The lowest BCUT2D eigenvalue weighted by molar-refractivity contribution is -0.142. The van der Waals surface area contributed by atoms with Crippen LogP contribution in [0.5, 0.6) is 0 Å². The number of aliphatic carboxylic acids is 1. The van der Waals surface area contributed by atoms with Crippen molar-refractivity contribution in [1.82, 2.24) is 4.31 Å². The number of rotatable bonds is 4. The molecule has 130 valence electrons. The van der Waals surface area contributed by atoms with E-state index >= 15 is 0 Å². The Morgan fingerprint density at radius 1 is 1.29 bits per heavy atom. The zero-order valence-electron chi connectivity index (χ0n) is 13.4. The number of hydrogen-bond acceptors (Lipinski definition) is 5. The smallest absolute Gasteiger partial charge is 0.337 e. The van der Waals surface area contributed by atoms with Crippen LogP contribution in [0.3, 0.4) is 0 Å². The molecular weight excluding hydrogens is 334 g/mol. The number of carboxylic acid groups (broad SMARTS) is 1. The number of carbonyl (C=O) groups excluding carboxylic acids is 1. The highest BCUT2D eigenvalue weighted by molar-refractivity contribution is 7.89. The molecule has 0 amide bonds. The van der Waals surface area contributed by atoms with Gasteiger partial charge in [0.1, 0.15) is 0 Å². The summed E-state index contributed by atoms with van der Waals surface area (Å²) in [6.45, 7) is 1.65.